The fraction of sp³-hybridized carbons (Fsp3) is 1.00. The van der Waals surface area contributed by atoms with Gasteiger partial charge in [-0.25, -0.2) is 3.11 Å². The molecule has 0 unspecified atom stereocenters. The SMILES string of the molecule is CCC(CC)N1CCN(I)CC1. The fourth-order valence-corrected chi connectivity index (χ4v) is 2.30. The molecule has 0 bridgehead atoms. The molecule has 72 valence electrons. The molecule has 0 saturated carbocycles. The van der Waals surface area contributed by atoms with E-state index in [1.165, 1.54) is 39.0 Å². The summed E-state index contributed by atoms with van der Waals surface area (Å²) >= 11 is 2.42. The molecule has 12 heavy (non-hydrogen) atoms. The molecule has 1 heterocycles. The summed E-state index contributed by atoms with van der Waals surface area (Å²) in [6, 6.07) is 0.829. The second-order valence-corrected chi connectivity index (χ2v) is 4.78. The molecule has 0 N–H and O–H groups in total. The molecule has 0 spiro atoms. The zero-order valence-corrected chi connectivity index (χ0v) is 10.2. The van der Waals surface area contributed by atoms with E-state index in [0.717, 1.165) is 6.04 Å². The number of hydrogen-bond acceptors (Lipinski definition) is 2. The van der Waals surface area contributed by atoms with Gasteiger partial charge in [0.05, 0.1) is 0 Å². The molecule has 0 aromatic rings. The van der Waals surface area contributed by atoms with Crippen LogP contribution in [0.25, 0.3) is 0 Å². The van der Waals surface area contributed by atoms with Crippen LogP contribution in [0.3, 0.4) is 0 Å². The minimum atomic E-state index is 0.829. The lowest BCUT2D eigenvalue weighted by atomic mass is 10.1. The van der Waals surface area contributed by atoms with E-state index in [9.17, 15) is 0 Å². The quantitative estimate of drug-likeness (QED) is 0.578. The summed E-state index contributed by atoms with van der Waals surface area (Å²) in [7, 11) is 0. The van der Waals surface area contributed by atoms with Crippen molar-refractivity contribution < 1.29 is 0 Å². The Hall–Kier alpha value is 0.650. The Labute approximate surface area is 89.8 Å². The molecule has 1 fully saturated rings. The van der Waals surface area contributed by atoms with Gasteiger partial charge in [-0.2, -0.15) is 0 Å². The standard InChI is InChI=1S/C9H19IN2/c1-3-9(4-2)11-5-7-12(10)8-6-11/h9H,3-8H2,1-2H3. The lowest BCUT2D eigenvalue weighted by Gasteiger charge is -2.36. The van der Waals surface area contributed by atoms with Gasteiger partial charge < -0.3 is 0 Å². The largest absolute Gasteiger partial charge is 0.298 e. The van der Waals surface area contributed by atoms with Crippen LogP contribution < -0.4 is 0 Å². The van der Waals surface area contributed by atoms with Gasteiger partial charge in [0.2, 0.25) is 0 Å². The van der Waals surface area contributed by atoms with E-state index < -0.39 is 0 Å². The lowest BCUT2D eigenvalue weighted by Crippen LogP contribution is -2.46. The Morgan fingerprint density at radius 1 is 1.08 bits per heavy atom. The number of piperazine rings is 1. The van der Waals surface area contributed by atoms with Crippen LogP contribution in [0.1, 0.15) is 26.7 Å². The summed E-state index contributed by atoms with van der Waals surface area (Å²) in [5.41, 5.74) is 0. The third kappa shape index (κ3) is 2.85. The first-order valence-electron chi connectivity index (χ1n) is 4.92. The highest BCUT2D eigenvalue weighted by molar-refractivity contribution is 14.1. The van der Waals surface area contributed by atoms with Crippen LogP contribution in [0.4, 0.5) is 0 Å². The van der Waals surface area contributed by atoms with E-state index in [1.54, 1.807) is 0 Å². The highest BCUT2D eigenvalue weighted by Crippen LogP contribution is 2.13. The summed E-state index contributed by atoms with van der Waals surface area (Å²) < 4.78 is 2.39. The maximum absolute atomic E-state index is 2.63. The van der Waals surface area contributed by atoms with Crippen LogP contribution in [-0.4, -0.2) is 40.2 Å². The van der Waals surface area contributed by atoms with Crippen molar-refractivity contribution in [3.05, 3.63) is 0 Å². The molecule has 0 atom stereocenters. The second kappa shape index (κ2) is 5.40. The molecule has 1 aliphatic heterocycles. The van der Waals surface area contributed by atoms with Gasteiger partial charge in [-0.3, -0.25) is 4.90 Å². The van der Waals surface area contributed by atoms with Crippen LogP contribution >= 0.6 is 22.9 Å². The van der Waals surface area contributed by atoms with Crippen molar-refractivity contribution in [2.75, 3.05) is 26.2 Å². The zero-order chi connectivity index (χ0) is 8.97. The van der Waals surface area contributed by atoms with Gasteiger partial charge >= 0.3 is 0 Å². The summed E-state index contributed by atoms with van der Waals surface area (Å²) in [5, 5.41) is 0. The first-order valence-corrected chi connectivity index (χ1v) is 5.89. The van der Waals surface area contributed by atoms with Crippen LogP contribution in [0.15, 0.2) is 0 Å². The van der Waals surface area contributed by atoms with E-state index in [0.29, 0.717) is 0 Å². The van der Waals surface area contributed by atoms with E-state index >= 15 is 0 Å². The van der Waals surface area contributed by atoms with Gasteiger partial charge in [0, 0.05) is 55.1 Å². The van der Waals surface area contributed by atoms with Crippen molar-refractivity contribution in [1.82, 2.24) is 8.01 Å². The summed E-state index contributed by atoms with van der Waals surface area (Å²) in [5.74, 6) is 0. The molecule has 0 aromatic heterocycles. The smallest absolute Gasteiger partial charge is 0.0209 e. The Morgan fingerprint density at radius 2 is 1.58 bits per heavy atom. The van der Waals surface area contributed by atoms with Crippen molar-refractivity contribution in [2.45, 2.75) is 32.7 Å². The van der Waals surface area contributed by atoms with Crippen molar-refractivity contribution in [3.63, 3.8) is 0 Å². The maximum atomic E-state index is 2.63. The van der Waals surface area contributed by atoms with Crippen molar-refractivity contribution >= 4 is 22.9 Å². The van der Waals surface area contributed by atoms with E-state index in [-0.39, 0.29) is 0 Å². The molecule has 1 rings (SSSR count). The van der Waals surface area contributed by atoms with Crippen LogP contribution in [0, 0.1) is 0 Å². The average Bonchev–Trinajstić information content (AvgIpc) is 2.10. The van der Waals surface area contributed by atoms with Crippen LogP contribution in [0.2, 0.25) is 0 Å². The van der Waals surface area contributed by atoms with Gasteiger partial charge in [0.1, 0.15) is 0 Å². The monoisotopic (exact) mass is 282 g/mol. The summed E-state index contributed by atoms with van der Waals surface area (Å²) in [4.78, 5) is 2.63. The minimum absolute atomic E-state index is 0.829. The van der Waals surface area contributed by atoms with Crippen LogP contribution in [0.5, 0.6) is 0 Å². The van der Waals surface area contributed by atoms with E-state index in [4.69, 9.17) is 0 Å². The number of halogens is 1. The minimum Gasteiger partial charge on any atom is -0.298 e. The zero-order valence-electron chi connectivity index (χ0n) is 8.09. The molecule has 1 saturated heterocycles. The molecule has 0 amide bonds. The lowest BCUT2D eigenvalue weighted by molar-refractivity contribution is 0.141. The Morgan fingerprint density at radius 3 is 2.00 bits per heavy atom. The summed E-state index contributed by atoms with van der Waals surface area (Å²) in [6.45, 7) is 9.58. The first-order chi connectivity index (χ1) is 5.77. The molecule has 0 radical (unpaired) electrons. The Balaban J connectivity index is 2.32. The van der Waals surface area contributed by atoms with E-state index in [2.05, 4.69) is 44.7 Å². The van der Waals surface area contributed by atoms with E-state index in [1.807, 2.05) is 0 Å². The molecule has 1 aliphatic rings. The van der Waals surface area contributed by atoms with Gasteiger partial charge in [0.15, 0.2) is 0 Å². The molecule has 2 nitrogen and oxygen atoms in total. The Kier molecular flexibility index (Phi) is 4.82. The molecular weight excluding hydrogens is 263 g/mol. The fourth-order valence-electron chi connectivity index (χ4n) is 1.87. The predicted molar refractivity (Wildman–Crippen MR) is 61.5 cm³/mol. The van der Waals surface area contributed by atoms with Gasteiger partial charge in [0.25, 0.3) is 0 Å². The highest BCUT2D eigenvalue weighted by atomic mass is 127. The topological polar surface area (TPSA) is 6.48 Å². The molecule has 3 heteroatoms. The first kappa shape index (κ1) is 10.7. The molecular formula is C9H19IN2. The van der Waals surface area contributed by atoms with Gasteiger partial charge in [-0.1, -0.05) is 13.8 Å². The maximum Gasteiger partial charge on any atom is 0.0209 e. The van der Waals surface area contributed by atoms with Gasteiger partial charge in [-0.05, 0) is 12.8 Å². The Bertz CT molecular complexity index is 118. The third-order valence-corrected chi connectivity index (χ3v) is 3.68. The number of hydrogen-bond donors (Lipinski definition) is 0. The molecule has 0 aromatic carbocycles. The van der Waals surface area contributed by atoms with Crippen molar-refractivity contribution in [1.29, 1.82) is 0 Å². The normalized spacial score (nSPS) is 22.0. The van der Waals surface area contributed by atoms with Crippen molar-refractivity contribution in [2.24, 2.45) is 0 Å². The average molecular weight is 282 g/mol. The van der Waals surface area contributed by atoms with Crippen molar-refractivity contribution in [3.8, 4) is 0 Å². The number of rotatable bonds is 3. The third-order valence-electron chi connectivity index (χ3n) is 2.72. The number of nitrogens with zero attached hydrogens (tertiary/aromatic N) is 2. The van der Waals surface area contributed by atoms with Gasteiger partial charge in [-0.15, -0.1) is 0 Å². The molecule has 0 aliphatic carbocycles. The predicted octanol–water partition coefficient (Wildman–Crippen LogP) is 2.14. The second-order valence-electron chi connectivity index (χ2n) is 3.42. The summed E-state index contributed by atoms with van der Waals surface area (Å²) in [6.07, 6.45) is 2.61. The highest BCUT2D eigenvalue weighted by Gasteiger charge is 2.19. The van der Waals surface area contributed by atoms with Crippen LogP contribution in [-0.2, 0) is 0 Å².